The van der Waals surface area contributed by atoms with Gasteiger partial charge in [-0.05, 0) is 39.8 Å². The maximum Gasteiger partial charge on any atom is 0.0474 e. The fourth-order valence-corrected chi connectivity index (χ4v) is 1.60. The fraction of sp³-hybridized carbons (Fsp3) is 0.778. The first-order valence-electron chi connectivity index (χ1n) is 8.23. The van der Waals surface area contributed by atoms with Crippen molar-refractivity contribution in [2.45, 2.75) is 47.5 Å². The molecular formula is C18H38N2O. The summed E-state index contributed by atoms with van der Waals surface area (Å²) in [6.45, 7) is 14.6. The van der Waals surface area contributed by atoms with Gasteiger partial charge in [0.2, 0.25) is 0 Å². The first kappa shape index (κ1) is 22.5. The summed E-state index contributed by atoms with van der Waals surface area (Å²) in [6, 6.07) is 0. The predicted molar refractivity (Wildman–Crippen MR) is 95.8 cm³/mol. The average Bonchev–Trinajstić information content (AvgIpc) is 2.51. The Bertz CT molecular complexity index is 285. The Labute approximate surface area is 133 Å². The Kier molecular flexibility index (Phi) is 16.7. The van der Waals surface area contributed by atoms with Crippen LogP contribution in [0.2, 0.25) is 0 Å². The van der Waals surface area contributed by atoms with Crippen LogP contribution in [0.3, 0.4) is 0 Å². The second-order valence-electron chi connectivity index (χ2n) is 5.25. The third-order valence-electron chi connectivity index (χ3n) is 3.47. The van der Waals surface area contributed by atoms with E-state index in [2.05, 4.69) is 56.8 Å². The number of methoxy groups -OCH3 is 1. The highest BCUT2D eigenvalue weighted by Crippen LogP contribution is 2.04. The molecule has 0 N–H and O–H groups in total. The molecule has 0 aromatic carbocycles. The molecule has 0 unspecified atom stereocenters. The van der Waals surface area contributed by atoms with Crippen LogP contribution < -0.4 is 0 Å². The van der Waals surface area contributed by atoms with Crippen molar-refractivity contribution in [3.63, 3.8) is 0 Å². The summed E-state index contributed by atoms with van der Waals surface area (Å²) < 4.78 is 5.07. The highest BCUT2D eigenvalue weighted by Gasteiger charge is 2.02. The van der Waals surface area contributed by atoms with Crippen LogP contribution in [0.25, 0.3) is 0 Å². The molecule has 0 fully saturated rings. The number of hydrogen-bond acceptors (Lipinski definition) is 3. The Hall–Kier alpha value is -0.800. The van der Waals surface area contributed by atoms with Gasteiger partial charge in [-0.2, -0.15) is 0 Å². The first-order chi connectivity index (χ1) is 10.0. The largest absolute Gasteiger partial charge is 0.385 e. The Morgan fingerprint density at radius 1 is 1.00 bits per heavy atom. The SMILES string of the molecule is CC.CC/C(C)=C\C=C(/C)N(C)CCN(C)CCCOC. The molecule has 3 nitrogen and oxygen atoms in total. The number of allylic oxidation sites excluding steroid dienone is 4. The molecule has 0 heterocycles. The number of likely N-dealkylation sites (N-methyl/N-ethyl adjacent to an activating group) is 2. The van der Waals surface area contributed by atoms with Gasteiger partial charge in [0.1, 0.15) is 0 Å². The second kappa shape index (κ2) is 15.6. The van der Waals surface area contributed by atoms with Gasteiger partial charge >= 0.3 is 0 Å². The summed E-state index contributed by atoms with van der Waals surface area (Å²) in [5, 5.41) is 0. The van der Waals surface area contributed by atoms with Gasteiger partial charge < -0.3 is 14.5 Å². The van der Waals surface area contributed by atoms with E-state index in [4.69, 9.17) is 4.74 Å². The molecule has 0 saturated heterocycles. The summed E-state index contributed by atoms with van der Waals surface area (Å²) in [7, 11) is 6.08. The highest BCUT2D eigenvalue weighted by molar-refractivity contribution is 5.14. The molecule has 21 heavy (non-hydrogen) atoms. The molecule has 3 heteroatoms. The smallest absolute Gasteiger partial charge is 0.0474 e. The number of ether oxygens (including phenoxy) is 1. The lowest BCUT2D eigenvalue weighted by Gasteiger charge is -2.24. The van der Waals surface area contributed by atoms with Crippen LogP contribution in [-0.2, 0) is 4.74 Å². The minimum atomic E-state index is 0.847. The van der Waals surface area contributed by atoms with Gasteiger partial charge in [-0.15, -0.1) is 0 Å². The van der Waals surface area contributed by atoms with E-state index in [1.807, 2.05) is 13.8 Å². The van der Waals surface area contributed by atoms with Crippen molar-refractivity contribution in [3.8, 4) is 0 Å². The lowest BCUT2D eigenvalue weighted by atomic mass is 10.2. The van der Waals surface area contributed by atoms with Gasteiger partial charge in [0.25, 0.3) is 0 Å². The third kappa shape index (κ3) is 13.9. The molecule has 126 valence electrons. The summed E-state index contributed by atoms with van der Waals surface area (Å²) in [5.74, 6) is 0. The standard InChI is InChI=1S/C16H32N2O.C2H6/c1-7-15(2)9-10-16(3)18(5)13-12-17(4)11-8-14-19-6;1-2/h9-10H,7-8,11-14H2,1-6H3;1-2H3/b15-9-,16-10+;. The highest BCUT2D eigenvalue weighted by atomic mass is 16.5. The van der Waals surface area contributed by atoms with Crippen molar-refractivity contribution in [2.24, 2.45) is 0 Å². The first-order valence-corrected chi connectivity index (χ1v) is 8.23. The molecule has 0 aromatic rings. The van der Waals surface area contributed by atoms with Crippen LogP contribution in [0.15, 0.2) is 23.4 Å². The van der Waals surface area contributed by atoms with Crippen molar-refractivity contribution in [3.05, 3.63) is 23.4 Å². The molecule has 0 spiro atoms. The molecule has 0 rings (SSSR count). The minimum absolute atomic E-state index is 0.847. The lowest BCUT2D eigenvalue weighted by molar-refractivity contribution is 0.177. The monoisotopic (exact) mass is 298 g/mol. The van der Waals surface area contributed by atoms with E-state index >= 15 is 0 Å². The van der Waals surface area contributed by atoms with E-state index in [9.17, 15) is 0 Å². The summed E-state index contributed by atoms with van der Waals surface area (Å²) in [5.41, 5.74) is 2.74. The molecular weight excluding hydrogens is 260 g/mol. The number of nitrogens with zero attached hydrogens (tertiary/aromatic N) is 2. The van der Waals surface area contributed by atoms with E-state index in [1.165, 1.54) is 11.3 Å². The number of hydrogen-bond donors (Lipinski definition) is 0. The van der Waals surface area contributed by atoms with Gasteiger partial charge in [0.15, 0.2) is 0 Å². The van der Waals surface area contributed by atoms with Crippen LogP contribution in [0.4, 0.5) is 0 Å². The molecule has 0 bridgehead atoms. The molecule has 0 atom stereocenters. The molecule has 0 aliphatic rings. The molecule has 0 radical (unpaired) electrons. The van der Waals surface area contributed by atoms with Gasteiger partial charge in [-0.1, -0.05) is 32.4 Å². The van der Waals surface area contributed by atoms with Crippen molar-refractivity contribution in [1.29, 1.82) is 0 Å². The van der Waals surface area contributed by atoms with Crippen LogP contribution in [0.1, 0.15) is 47.5 Å². The lowest BCUT2D eigenvalue weighted by Crippen LogP contribution is -2.30. The Balaban J connectivity index is 0. The van der Waals surface area contributed by atoms with Gasteiger partial charge in [-0.3, -0.25) is 0 Å². The third-order valence-corrected chi connectivity index (χ3v) is 3.47. The van der Waals surface area contributed by atoms with Crippen LogP contribution in [0.5, 0.6) is 0 Å². The predicted octanol–water partition coefficient (Wildman–Crippen LogP) is 4.17. The Morgan fingerprint density at radius 3 is 2.14 bits per heavy atom. The van der Waals surface area contributed by atoms with Crippen molar-refractivity contribution in [2.75, 3.05) is 47.4 Å². The minimum Gasteiger partial charge on any atom is -0.385 e. The van der Waals surface area contributed by atoms with Crippen LogP contribution in [-0.4, -0.2) is 57.2 Å². The van der Waals surface area contributed by atoms with Crippen molar-refractivity contribution >= 4 is 0 Å². The maximum atomic E-state index is 5.07. The van der Waals surface area contributed by atoms with E-state index in [0.717, 1.165) is 39.1 Å². The quantitative estimate of drug-likeness (QED) is 0.444. The maximum absolute atomic E-state index is 5.07. The van der Waals surface area contributed by atoms with Gasteiger partial charge in [-0.25, -0.2) is 0 Å². The molecule has 0 aliphatic carbocycles. The zero-order valence-electron chi connectivity index (χ0n) is 15.7. The van der Waals surface area contributed by atoms with E-state index in [1.54, 1.807) is 7.11 Å². The van der Waals surface area contributed by atoms with Crippen LogP contribution >= 0.6 is 0 Å². The molecule has 0 aliphatic heterocycles. The molecule has 0 amide bonds. The molecule has 0 saturated carbocycles. The zero-order valence-corrected chi connectivity index (χ0v) is 15.7. The summed E-state index contributed by atoms with van der Waals surface area (Å²) in [6.07, 6.45) is 6.65. The van der Waals surface area contributed by atoms with E-state index in [0.29, 0.717) is 0 Å². The zero-order chi connectivity index (χ0) is 16.7. The topological polar surface area (TPSA) is 15.7 Å². The average molecular weight is 299 g/mol. The molecule has 0 aromatic heterocycles. The van der Waals surface area contributed by atoms with E-state index in [-0.39, 0.29) is 0 Å². The van der Waals surface area contributed by atoms with Crippen molar-refractivity contribution < 1.29 is 4.74 Å². The number of rotatable bonds is 10. The second-order valence-corrected chi connectivity index (χ2v) is 5.25. The van der Waals surface area contributed by atoms with Crippen molar-refractivity contribution in [1.82, 2.24) is 9.80 Å². The fourth-order valence-electron chi connectivity index (χ4n) is 1.60. The van der Waals surface area contributed by atoms with Gasteiger partial charge in [0.05, 0.1) is 0 Å². The van der Waals surface area contributed by atoms with E-state index < -0.39 is 0 Å². The Morgan fingerprint density at radius 2 is 1.62 bits per heavy atom. The van der Waals surface area contributed by atoms with Crippen LogP contribution in [0, 0.1) is 0 Å². The summed E-state index contributed by atoms with van der Waals surface area (Å²) in [4.78, 5) is 4.67. The van der Waals surface area contributed by atoms with Gasteiger partial charge in [0, 0.05) is 46.1 Å². The summed E-state index contributed by atoms with van der Waals surface area (Å²) >= 11 is 0. The normalized spacial score (nSPS) is 12.2.